The van der Waals surface area contributed by atoms with E-state index in [4.69, 9.17) is 10.8 Å². The van der Waals surface area contributed by atoms with Crippen LogP contribution in [-0.2, 0) is 14.3 Å². The second kappa shape index (κ2) is 3.31. The first kappa shape index (κ1) is 8.66. The largest absolute Gasteiger partial charge is 0.477 e. The van der Waals surface area contributed by atoms with Crippen LogP contribution >= 0.6 is 11.8 Å². The maximum absolute atomic E-state index is 10.6. The Balaban J connectivity index is 3.01. The molecule has 0 bridgehead atoms. The third kappa shape index (κ3) is 1.59. The fraction of sp³-hybridized carbons (Fsp3) is 0. The molecule has 0 radical (unpaired) electrons. The minimum atomic E-state index is -1.22. The summed E-state index contributed by atoms with van der Waals surface area (Å²) in [5.74, 6) is -2.43. The van der Waals surface area contributed by atoms with E-state index >= 15 is 0 Å². The standard InChI is InChI=1S/C6H5NO4S/c7-5(8)3-4(6(9)10)12-2-1-11-3/h1-2H,(H2,7,8)(H,9,10). The molecule has 1 heterocycles. The van der Waals surface area contributed by atoms with Gasteiger partial charge in [-0.2, -0.15) is 0 Å². The molecule has 12 heavy (non-hydrogen) atoms. The number of carbonyl (C=O) groups excluding carboxylic acids is 1. The number of aliphatic carboxylic acids is 1. The highest BCUT2D eigenvalue weighted by molar-refractivity contribution is 8.06. The first-order valence-corrected chi connectivity index (χ1v) is 3.76. The van der Waals surface area contributed by atoms with Crippen LogP contribution < -0.4 is 5.73 Å². The summed E-state index contributed by atoms with van der Waals surface area (Å²) >= 11 is 0.881. The summed E-state index contributed by atoms with van der Waals surface area (Å²) in [6, 6.07) is 0. The molecule has 0 fully saturated rings. The summed E-state index contributed by atoms with van der Waals surface area (Å²) in [6.45, 7) is 0. The average Bonchev–Trinajstić information content (AvgIpc) is 2.04. The van der Waals surface area contributed by atoms with E-state index in [1.807, 2.05) is 0 Å². The van der Waals surface area contributed by atoms with Crippen molar-refractivity contribution in [1.82, 2.24) is 0 Å². The van der Waals surface area contributed by atoms with Crippen molar-refractivity contribution in [1.29, 1.82) is 0 Å². The third-order valence-corrected chi connectivity index (χ3v) is 1.89. The molecular weight excluding hydrogens is 182 g/mol. The van der Waals surface area contributed by atoms with Gasteiger partial charge < -0.3 is 15.6 Å². The van der Waals surface area contributed by atoms with E-state index < -0.39 is 11.9 Å². The number of thioether (sulfide) groups is 1. The Morgan fingerprint density at radius 1 is 1.58 bits per heavy atom. The van der Waals surface area contributed by atoms with Crippen molar-refractivity contribution in [2.75, 3.05) is 0 Å². The third-order valence-electron chi connectivity index (χ3n) is 1.05. The molecule has 0 spiro atoms. The van der Waals surface area contributed by atoms with Crippen LogP contribution in [0.2, 0.25) is 0 Å². The minimum absolute atomic E-state index is 0.190. The summed E-state index contributed by atoms with van der Waals surface area (Å²) < 4.78 is 4.64. The number of ether oxygens (including phenoxy) is 1. The number of primary amides is 1. The quantitative estimate of drug-likeness (QED) is 0.635. The Labute approximate surface area is 71.9 Å². The fourth-order valence-electron chi connectivity index (χ4n) is 0.616. The predicted octanol–water partition coefficient (Wildman–Crippen LogP) is 0.00250. The first-order valence-electron chi connectivity index (χ1n) is 2.88. The maximum atomic E-state index is 10.6. The molecule has 5 nitrogen and oxygen atoms in total. The molecule has 3 N–H and O–H groups in total. The number of nitrogens with two attached hydrogens (primary N) is 1. The van der Waals surface area contributed by atoms with E-state index in [2.05, 4.69) is 4.74 Å². The summed E-state index contributed by atoms with van der Waals surface area (Å²) in [7, 11) is 0. The zero-order chi connectivity index (χ0) is 9.14. The van der Waals surface area contributed by atoms with E-state index in [1.165, 1.54) is 11.7 Å². The zero-order valence-electron chi connectivity index (χ0n) is 5.81. The van der Waals surface area contributed by atoms with E-state index in [0.29, 0.717) is 0 Å². The summed E-state index contributed by atoms with van der Waals surface area (Å²) in [5.41, 5.74) is 4.86. The molecule has 0 aromatic heterocycles. The number of rotatable bonds is 2. The zero-order valence-corrected chi connectivity index (χ0v) is 6.63. The Hall–Kier alpha value is -1.43. The molecule has 1 aliphatic rings. The van der Waals surface area contributed by atoms with Gasteiger partial charge in [-0.25, -0.2) is 4.79 Å². The minimum Gasteiger partial charge on any atom is -0.477 e. The molecule has 0 saturated heterocycles. The lowest BCUT2D eigenvalue weighted by Gasteiger charge is -2.09. The van der Waals surface area contributed by atoms with Crippen LogP contribution in [0.4, 0.5) is 0 Å². The van der Waals surface area contributed by atoms with Crippen molar-refractivity contribution in [3.63, 3.8) is 0 Å². The Morgan fingerprint density at radius 3 is 2.67 bits per heavy atom. The summed E-state index contributed by atoms with van der Waals surface area (Å²) in [6.07, 6.45) is 1.21. The van der Waals surface area contributed by atoms with E-state index in [-0.39, 0.29) is 10.7 Å². The maximum Gasteiger partial charge on any atom is 0.346 e. The van der Waals surface area contributed by atoms with Gasteiger partial charge in [0.1, 0.15) is 4.91 Å². The molecule has 0 aromatic carbocycles. The van der Waals surface area contributed by atoms with Crippen LogP contribution in [0.1, 0.15) is 0 Å². The number of hydrogen-bond donors (Lipinski definition) is 2. The molecule has 0 saturated carbocycles. The van der Waals surface area contributed by atoms with Gasteiger partial charge in [-0.05, 0) is 0 Å². The lowest BCUT2D eigenvalue weighted by Crippen LogP contribution is -2.19. The molecule has 1 aliphatic heterocycles. The topological polar surface area (TPSA) is 89.6 Å². The van der Waals surface area contributed by atoms with Crippen LogP contribution in [0.25, 0.3) is 0 Å². The predicted molar refractivity (Wildman–Crippen MR) is 41.7 cm³/mol. The van der Waals surface area contributed by atoms with Gasteiger partial charge in [-0.15, -0.1) is 0 Å². The lowest BCUT2D eigenvalue weighted by molar-refractivity contribution is -0.132. The van der Waals surface area contributed by atoms with Gasteiger partial charge in [0, 0.05) is 5.41 Å². The van der Waals surface area contributed by atoms with Gasteiger partial charge in [-0.3, -0.25) is 4.79 Å². The molecule has 0 atom stereocenters. The Kier molecular flexibility index (Phi) is 2.39. The highest BCUT2D eigenvalue weighted by atomic mass is 32.2. The van der Waals surface area contributed by atoms with Crippen LogP contribution in [0.15, 0.2) is 22.3 Å². The SMILES string of the molecule is NC(=O)C1=C(C(=O)O)SC=CO1. The molecular formula is C6H5NO4S. The van der Waals surface area contributed by atoms with Crippen LogP contribution in [0.3, 0.4) is 0 Å². The van der Waals surface area contributed by atoms with Gasteiger partial charge >= 0.3 is 5.97 Å². The molecule has 1 amide bonds. The summed E-state index contributed by atoms with van der Waals surface area (Å²) in [5, 5.41) is 9.97. The van der Waals surface area contributed by atoms with E-state index in [9.17, 15) is 9.59 Å². The van der Waals surface area contributed by atoms with Gasteiger partial charge in [0.05, 0.1) is 6.26 Å². The molecule has 0 unspecified atom stereocenters. The van der Waals surface area contributed by atoms with Crippen molar-refractivity contribution in [2.24, 2.45) is 5.73 Å². The van der Waals surface area contributed by atoms with Crippen LogP contribution in [0, 0.1) is 0 Å². The molecule has 0 aromatic rings. The van der Waals surface area contributed by atoms with Gasteiger partial charge in [0.25, 0.3) is 5.91 Å². The van der Waals surface area contributed by atoms with Crippen molar-refractivity contribution in [3.05, 3.63) is 22.3 Å². The highest BCUT2D eigenvalue weighted by Gasteiger charge is 2.22. The van der Waals surface area contributed by atoms with Crippen molar-refractivity contribution in [3.8, 4) is 0 Å². The number of carbonyl (C=O) groups is 2. The summed E-state index contributed by atoms with van der Waals surface area (Å²) in [4.78, 5) is 20.9. The highest BCUT2D eigenvalue weighted by Crippen LogP contribution is 2.26. The van der Waals surface area contributed by atoms with Crippen LogP contribution in [0.5, 0.6) is 0 Å². The first-order chi connectivity index (χ1) is 5.63. The van der Waals surface area contributed by atoms with Crippen molar-refractivity contribution < 1.29 is 19.4 Å². The molecule has 1 rings (SSSR count). The van der Waals surface area contributed by atoms with Crippen molar-refractivity contribution >= 4 is 23.6 Å². The molecule has 0 aliphatic carbocycles. The van der Waals surface area contributed by atoms with Gasteiger partial charge in [0.15, 0.2) is 0 Å². The number of hydrogen-bond acceptors (Lipinski definition) is 4. The Morgan fingerprint density at radius 2 is 2.25 bits per heavy atom. The molecule has 64 valence electrons. The van der Waals surface area contributed by atoms with Crippen molar-refractivity contribution in [2.45, 2.75) is 0 Å². The van der Waals surface area contributed by atoms with E-state index in [0.717, 1.165) is 11.8 Å². The lowest BCUT2D eigenvalue weighted by atomic mass is 10.4. The van der Waals surface area contributed by atoms with Crippen LogP contribution in [-0.4, -0.2) is 17.0 Å². The molecule has 6 heteroatoms. The number of carboxylic acids is 1. The van der Waals surface area contributed by atoms with E-state index in [1.54, 1.807) is 0 Å². The number of amides is 1. The smallest absolute Gasteiger partial charge is 0.346 e. The second-order valence-corrected chi connectivity index (χ2v) is 2.75. The number of carboxylic acid groups (broad SMARTS) is 1. The normalized spacial score (nSPS) is 15.7. The van der Waals surface area contributed by atoms with Gasteiger partial charge in [0.2, 0.25) is 5.76 Å². The average molecular weight is 187 g/mol. The van der Waals surface area contributed by atoms with Gasteiger partial charge in [-0.1, -0.05) is 11.8 Å². The monoisotopic (exact) mass is 187 g/mol. The second-order valence-electron chi connectivity index (χ2n) is 1.84. The Bertz CT molecular complexity index is 266. The fourth-order valence-corrected chi connectivity index (χ4v) is 1.22.